The molecule has 10 heteroatoms. The van der Waals surface area contributed by atoms with Crippen molar-refractivity contribution >= 4 is 38.9 Å². The van der Waals surface area contributed by atoms with Gasteiger partial charge in [0.25, 0.3) is 5.56 Å². The van der Waals surface area contributed by atoms with Gasteiger partial charge in [0.2, 0.25) is 11.7 Å². The Morgan fingerprint density at radius 2 is 2.13 bits per heavy atom. The van der Waals surface area contributed by atoms with Crippen molar-refractivity contribution in [2.24, 2.45) is 0 Å². The van der Waals surface area contributed by atoms with Crippen LogP contribution in [0.25, 0.3) is 16.0 Å². The van der Waals surface area contributed by atoms with Gasteiger partial charge in [-0.2, -0.15) is 0 Å². The number of carbonyl (C=O) groups is 1. The minimum absolute atomic E-state index is 0.0940. The number of benzene rings is 1. The van der Waals surface area contributed by atoms with Gasteiger partial charge >= 0.3 is 5.69 Å². The number of nitrogens with one attached hydrogen (secondary N) is 1. The number of aryl methyl sites for hydroxylation is 1. The second kappa shape index (κ2) is 7.78. The van der Waals surface area contributed by atoms with Gasteiger partial charge in [-0.3, -0.25) is 14.2 Å². The van der Waals surface area contributed by atoms with Gasteiger partial charge in [0, 0.05) is 12.3 Å². The average molecular weight is 439 g/mol. The molecule has 0 radical (unpaired) electrons. The van der Waals surface area contributed by atoms with Gasteiger partial charge < -0.3 is 10.1 Å². The monoisotopic (exact) mass is 439 g/mol. The molecule has 1 aliphatic rings. The third-order valence-electron chi connectivity index (χ3n) is 5.51. The minimum Gasteiger partial charge on any atom is -0.376 e. The zero-order valence-corrected chi connectivity index (χ0v) is 17.7. The summed E-state index contributed by atoms with van der Waals surface area (Å²) in [6, 6.07) is 9.14. The highest BCUT2D eigenvalue weighted by Gasteiger charge is 2.23. The lowest BCUT2D eigenvalue weighted by Gasteiger charge is -2.12. The number of anilines is 1. The van der Waals surface area contributed by atoms with Gasteiger partial charge in [-0.1, -0.05) is 18.2 Å². The van der Waals surface area contributed by atoms with Crippen LogP contribution in [0.3, 0.4) is 0 Å². The molecule has 31 heavy (non-hydrogen) atoms. The van der Waals surface area contributed by atoms with Crippen LogP contribution in [0.5, 0.6) is 0 Å². The summed E-state index contributed by atoms with van der Waals surface area (Å²) in [6.45, 7) is 2.62. The molecule has 160 valence electrons. The summed E-state index contributed by atoms with van der Waals surface area (Å²) in [5, 5.41) is 8.95. The molecule has 1 aromatic carbocycles. The summed E-state index contributed by atoms with van der Waals surface area (Å²) in [7, 11) is 0. The van der Waals surface area contributed by atoms with E-state index in [1.54, 1.807) is 17.5 Å². The van der Waals surface area contributed by atoms with E-state index in [0.717, 1.165) is 23.1 Å². The van der Waals surface area contributed by atoms with Crippen LogP contribution in [0.15, 0.2) is 45.3 Å². The summed E-state index contributed by atoms with van der Waals surface area (Å²) >= 11 is 1.29. The lowest BCUT2D eigenvalue weighted by atomic mass is 10.2. The van der Waals surface area contributed by atoms with Crippen molar-refractivity contribution in [3.63, 3.8) is 0 Å². The van der Waals surface area contributed by atoms with Crippen molar-refractivity contribution in [3.8, 4) is 0 Å². The van der Waals surface area contributed by atoms with Crippen molar-refractivity contribution in [2.75, 3.05) is 11.9 Å². The molecule has 1 N–H and O–H groups in total. The SMILES string of the molecule is Cc1ccccc1NC(=O)Cn1nc2n(CC3CCCO3)c(=O)c3sccc3n2c1=O. The Morgan fingerprint density at radius 1 is 1.29 bits per heavy atom. The number of thiophene rings is 1. The second-order valence-electron chi connectivity index (χ2n) is 7.62. The molecular formula is C21H21N5O4S. The topological polar surface area (TPSA) is 99.6 Å². The summed E-state index contributed by atoms with van der Waals surface area (Å²) in [5.41, 5.74) is 1.45. The van der Waals surface area contributed by atoms with E-state index in [2.05, 4.69) is 10.4 Å². The van der Waals surface area contributed by atoms with Gasteiger partial charge in [-0.05, 0) is 42.8 Å². The number of para-hydroxylation sites is 1. The number of amides is 1. The molecular weight excluding hydrogens is 418 g/mol. The van der Waals surface area contributed by atoms with E-state index >= 15 is 0 Å². The molecule has 0 bridgehead atoms. The molecule has 4 aromatic rings. The van der Waals surface area contributed by atoms with Crippen molar-refractivity contribution in [1.82, 2.24) is 18.7 Å². The first kappa shape index (κ1) is 19.7. The van der Waals surface area contributed by atoms with Crippen molar-refractivity contribution in [3.05, 3.63) is 62.1 Å². The lowest BCUT2D eigenvalue weighted by molar-refractivity contribution is -0.117. The molecule has 5 rings (SSSR count). The summed E-state index contributed by atoms with van der Waals surface area (Å²) < 4.78 is 10.2. The van der Waals surface area contributed by atoms with E-state index in [1.807, 2.05) is 25.1 Å². The van der Waals surface area contributed by atoms with E-state index < -0.39 is 5.69 Å². The van der Waals surface area contributed by atoms with Gasteiger partial charge in [0.05, 0.1) is 18.2 Å². The highest BCUT2D eigenvalue weighted by molar-refractivity contribution is 7.17. The fourth-order valence-corrected chi connectivity index (χ4v) is 4.76. The van der Waals surface area contributed by atoms with Crippen LogP contribution in [0, 0.1) is 6.92 Å². The molecule has 3 aromatic heterocycles. The van der Waals surface area contributed by atoms with Crippen LogP contribution in [0.2, 0.25) is 0 Å². The molecule has 1 fully saturated rings. The van der Waals surface area contributed by atoms with Crippen molar-refractivity contribution < 1.29 is 9.53 Å². The molecule has 1 amide bonds. The van der Waals surface area contributed by atoms with Crippen LogP contribution in [-0.4, -0.2) is 37.4 Å². The zero-order valence-electron chi connectivity index (χ0n) is 16.9. The predicted octanol–water partition coefficient (Wildman–Crippen LogP) is 2.00. The number of rotatable bonds is 5. The molecule has 1 atom stereocenters. The molecule has 0 spiro atoms. The Hall–Kier alpha value is -3.24. The fourth-order valence-electron chi connectivity index (χ4n) is 3.93. The molecule has 9 nitrogen and oxygen atoms in total. The predicted molar refractivity (Wildman–Crippen MR) is 118 cm³/mol. The minimum atomic E-state index is -0.459. The lowest BCUT2D eigenvalue weighted by Crippen LogP contribution is -2.30. The molecule has 1 aliphatic heterocycles. The summed E-state index contributed by atoms with van der Waals surface area (Å²) in [6.07, 6.45) is 1.70. The van der Waals surface area contributed by atoms with Crippen LogP contribution in [0.4, 0.5) is 5.69 Å². The van der Waals surface area contributed by atoms with Crippen LogP contribution in [-0.2, 0) is 22.6 Å². The Balaban J connectivity index is 1.56. The molecule has 0 aliphatic carbocycles. The quantitative estimate of drug-likeness (QED) is 0.513. The number of fused-ring (bicyclic) bond motifs is 3. The first-order valence-corrected chi connectivity index (χ1v) is 11.0. The third-order valence-corrected chi connectivity index (χ3v) is 6.40. The molecule has 1 saturated heterocycles. The first-order chi connectivity index (χ1) is 15.0. The van der Waals surface area contributed by atoms with Crippen LogP contribution in [0.1, 0.15) is 18.4 Å². The largest absolute Gasteiger partial charge is 0.376 e. The van der Waals surface area contributed by atoms with E-state index in [9.17, 15) is 14.4 Å². The number of hydrogen-bond acceptors (Lipinski definition) is 6. The normalized spacial score (nSPS) is 16.4. The smallest absolute Gasteiger partial charge is 0.352 e. The van der Waals surface area contributed by atoms with E-state index in [4.69, 9.17) is 4.74 Å². The fraction of sp³-hybridized carbons (Fsp3) is 0.333. The second-order valence-corrected chi connectivity index (χ2v) is 8.54. The maximum Gasteiger partial charge on any atom is 0.352 e. The Morgan fingerprint density at radius 3 is 2.90 bits per heavy atom. The summed E-state index contributed by atoms with van der Waals surface area (Å²) in [4.78, 5) is 38.8. The van der Waals surface area contributed by atoms with Crippen molar-refractivity contribution in [2.45, 2.75) is 39.0 Å². The van der Waals surface area contributed by atoms with Crippen LogP contribution < -0.4 is 16.6 Å². The van der Waals surface area contributed by atoms with Crippen LogP contribution >= 0.6 is 11.3 Å². The summed E-state index contributed by atoms with van der Waals surface area (Å²) in [5.74, 6) is -0.144. The number of ether oxygens (including phenoxy) is 1. The molecule has 4 heterocycles. The number of carbonyl (C=O) groups excluding carboxylic acids is 1. The highest BCUT2D eigenvalue weighted by atomic mass is 32.1. The van der Waals surface area contributed by atoms with E-state index in [0.29, 0.717) is 29.1 Å². The molecule has 0 saturated carbocycles. The van der Waals surface area contributed by atoms with Gasteiger partial charge in [0.15, 0.2) is 0 Å². The van der Waals surface area contributed by atoms with Crippen molar-refractivity contribution in [1.29, 1.82) is 0 Å². The van der Waals surface area contributed by atoms with Gasteiger partial charge in [0.1, 0.15) is 11.2 Å². The first-order valence-electron chi connectivity index (χ1n) is 10.1. The van der Waals surface area contributed by atoms with Gasteiger partial charge in [-0.15, -0.1) is 16.4 Å². The highest BCUT2D eigenvalue weighted by Crippen LogP contribution is 2.19. The zero-order chi connectivity index (χ0) is 21.5. The maximum atomic E-state index is 13.1. The van der Waals surface area contributed by atoms with E-state index in [-0.39, 0.29) is 29.9 Å². The maximum absolute atomic E-state index is 13.1. The molecule has 1 unspecified atom stereocenters. The Bertz CT molecular complexity index is 1410. The third kappa shape index (κ3) is 3.47. The van der Waals surface area contributed by atoms with Gasteiger partial charge in [-0.25, -0.2) is 13.9 Å². The number of hydrogen-bond donors (Lipinski definition) is 1. The number of aromatic nitrogens is 4. The Kier molecular flexibility index (Phi) is 4.95. The Labute approximate surface area is 180 Å². The van der Waals surface area contributed by atoms with E-state index in [1.165, 1.54) is 20.3 Å². The average Bonchev–Trinajstić information content (AvgIpc) is 3.48. The number of nitrogens with zero attached hydrogens (tertiary/aromatic N) is 4. The standard InChI is InChI=1S/C21H21N5O4S/c1-13-5-2-3-7-15(13)22-17(27)12-25-21(29)26-16-8-10-31-18(16)19(28)24(20(26)23-25)11-14-6-4-9-30-14/h2-3,5,7-8,10,14H,4,6,9,11-12H2,1H3,(H,22,27).